The van der Waals surface area contributed by atoms with Gasteiger partial charge in [0.1, 0.15) is 0 Å². The van der Waals surface area contributed by atoms with E-state index in [1.165, 1.54) is 97.4 Å². The molecule has 2 aromatic rings. The number of aromatic carboxylic acids is 2. The molecule has 0 bridgehead atoms. The van der Waals surface area contributed by atoms with Crippen LogP contribution in [0.5, 0.6) is 0 Å². The van der Waals surface area contributed by atoms with Crippen LogP contribution in [0.15, 0.2) is 58.3 Å². The number of hydrogen-bond acceptors (Lipinski definition) is 3. The number of nitrogens with zero attached hydrogens (tertiary/aromatic N) is 2. The molecule has 2 aromatic carbocycles. The van der Waals surface area contributed by atoms with Gasteiger partial charge >= 0.3 is 11.9 Å². The topological polar surface area (TPSA) is 74.6 Å². The maximum atomic E-state index is 10.7. The average molecular weight is 535 g/mol. The quantitative estimate of drug-likeness (QED) is 0.287. The van der Waals surface area contributed by atoms with E-state index in [9.17, 15) is 9.59 Å². The van der Waals surface area contributed by atoms with E-state index in [2.05, 4.69) is 55.4 Å². The first-order valence-electron chi connectivity index (χ1n) is 13.6. The van der Waals surface area contributed by atoms with Gasteiger partial charge in [-0.2, -0.15) is 0 Å². The monoisotopic (exact) mass is 534 g/mol. The highest BCUT2D eigenvalue weighted by molar-refractivity contribution is 7.99. The standard InChI is InChI=1S/C14H10O4S.2C8H20N/c15-13(16)9-1-5-11(6-2-9)19-12-7-3-10(4-8-12)14(17)18;2*1-5-9(6-2,7-3)8-4/h1-8H,(H,15,16)(H,17,18);2*5-8H2,1-4H3/q;2*+1. The third kappa shape index (κ3) is 11.7. The van der Waals surface area contributed by atoms with Crippen LogP contribution < -0.4 is 0 Å². The molecule has 37 heavy (non-hydrogen) atoms. The summed E-state index contributed by atoms with van der Waals surface area (Å²) in [4.78, 5) is 23.2. The zero-order valence-electron chi connectivity index (χ0n) is 24.3. The Kier molecular flexibility index (Phi) is 16.9. The highest BCUT2D eigenvalue weighted by Crippen LogP contribution is 2.28. The molecule has 0 aliphatic heterocycles. The number of hydrogen-bond donors (Lipinski definition) is 2. The van der Waals surface area contributed by atoms with E-state index in [-0.39, 0.29) is 11.1 Å². The van der Waals surface area contributed by atoms with Gasteiger partial charge < -0.3 is 19.2 Å². The predicted octanol–water partition coefficient (Wildman–Crippen LogP) is 7.00. The first-order chi connectivity index (χ1) is 17.5. The van der Waals surface area contributed by atoms with E-state index in [0.717, 1.165) is 9.79 Å². The molecule has 0 unspecified atom stereocenters. The smallest absolute Gasteiger partial charge is 0.335 e. The van der Waals surface area contributed by atoms with Gasteiger partial charge in [0.05, 0.1) is 63.5 Å². The van der Waals surface area contributed by atoms with E-state index in [0.29, 0.717) is 0 Å². The number of carboxylic acids is 2. The minimum Gasteiger partial charge on any atom is -0.478 e. The van der Waals surface area contributed by atoms with Crippen LogP contribution in [0.1, 0.15) is 76.1 Å². The molecule has 0 spiro atoms. The summed E-state index contributed by atoms with van der Waals surface area (Å²) in [5.74, 6) is -1.91. The fraction of sp³-hybridized carbons (Fsp3) is 0.533. The first kappa shape index (κ1) is 34.6. The third-order valence-electron chi connectivity index (χ3n) is 7.80. The van der Waals surface area contributed by atoms with E-state index < -0.39 is 11.9 Å². The van der Waals surface area contributed by atoms with E-state index in [1.807, 2.05) is 0 Å². The lowest BCUT2D eigenvalue weighted by Crippen LogP contribution is -2.47. The second-order valence-electron chi connectivity index (χ2n) is 8.97. The Bertz CT molecular complexity index is 796. The minimum absolute atomic E-state index is 0.241. The molecular formula is C30H50N2O4S+2. The van der Waals surface area contributed by atoms with Gasteiger partial charge in [-0.3, -0.25) is 0 Å². The van der Waals surface area contributed by atoms with E-state index >= 15 is 0 Å². The summed E-state index contributed by atoms with van der Waals surface area (Å²) in [6, 6.07) is 13.0. The molecule has 7 heteroatoms. The number of quaternary nitrogens is 2. The van der Waals surface area contributed by atoms with Crippen molar-refractivity contribution in [3.63, 3.8) is 0 Å². The van der Waals surface area contributed by atoms with E-state index in [1.54, 1.807) is 24.3 Å². The zero-order valence-corrected chi connectivity index (χ0v) is 25.1. The summed E-state index contributed by atoms with van der Waals surface area (Å²) in [6.45, 7) is 28.4. The molecule has 0 aliphatic rings. The highest BCUT2D eigenvalue weighted by Gasteiger charge is 2.17. The van der Waals surface area contributed by atoms with Gasteiger partial charge in [-0.25, -0.2) is 9.59 Å². The number of benzene rings is 2. The third-order valence-corrected chi connectivity index (χ3v) is 8.82. The molecule has 2 rings (SSSR count). The Morgan fingerprint density at radius 1 is 0.514 bits per heavy atom. The summed E-state index contributed by atoms with van der Waals surface area (Å²) < 4.78 is 2.56. The summed E-state index contributed by atoms with van der Waals surface area (Å²) in [5.41, 5.74) is 0.483. The van der Waals surface area contributed by atoms with Gasteiger partial charge in [0.25, 0.3) is 0 Å². The van der Waals surface area contributed by atoms with E-state index in [4.69, 9.17) is 10.2 Å². The Hall–Kier alpha value is -2.35. The second-order valence-corrected chi connectivity index (χ2v) is 10.1. The van der Waals surface area contributed by atoms with Crippen molar-refractivity contribution in [2.75, 3.05) is 52.4 Å². The lowest BCUT2D eigenvalue weighted by molar-refractivity contribution is -0.921. The van der Waals surface area contributed by atoms with Crippen molar-refractivity contribution in [1.82, 2.24) is 0 Å². The van der Waals surface area contributed by atoms with Crippen LogP contribution in [0.3, 0.4) is 0 Å². The zero-order chi connectivity index (χ0) is 28.5. The van der Waals surface area contributed by atoms with Crippen LogP contribution in [0.2, 0.25) is 0 Å². The van der Waals surface area contributed by atoms with Crippen LogP contribution in [-0.4, -0.2) is 83.5 Å². The van der Waals surface area contributed by atoms with Gasteiger partial charge in [-0.05, 0) is 104 Å². The number of rotatable bonds is 12. The number of carbonyl (C=O) groups is 2. The second kappa shape index (κ2) is 18.0. The summed E-state index contributed by atoms with van der Waals surface area (Å²) in [6.07, 6.45) is 0. The SMILES string of the molecule is CC[N+](CC)(CC)CC.CC[N+](CC)(CC)CC.O=C(O)c1ccc(Sc2ccc(C(=O)O)cc2)cc1. The Balaban J connectivity index is 0.000000606. The van der Waals surface area contributed by atoms with Crippen molar-refractivity contribution in [3.8, 4) is 0 Å². The van der Waals surface area contributed by atoms with Crippen LogP contribution in [0.25, 0.3) is 0 Å². The maximum absolute atomic E-state index is 10.7. The van der Waals surface area contributed by atoms with Crippen molar-refractivity contribution < 1.29 is 28.8 Å². The van der Waals surface area contributed by atoms with Gasteiger partial charge in [-0.15, -0.1) is 0 Å². The van der Waals surface area contributed by atoms with Crippen molar-refractivity contribution in [2.45, 2.75) is 65.2 Å². The summed E-state index contributed by atoms with van der Waals surface area (Å²) in [5, 5.41) is 17.6. The Morgan fingerprint density at radius 3 is 0.865 bits per heavy atom. The van der Waals surface area contributed by atoms with Crippen LogP contribution in [0, 0.1) is 0 Å². The molecule has 0 saturated heterocycles. The molecule has 6 nitrogen and oxygen atoms in total. The molecule has 2 N–H and O–H groups in total. The van der Waals surface area contributed by atoms with Crippen molar-refractivity contribution in [1.29, 1.82) is 0 Å². The summed E-state index contributed by atoms with van der Waals surface area (Å²) >= 11 is 1.44. The lowest BCUT2D eigenvalue weighted by Gasteiger charge is -2.34. The van der Waals surface area contributed by atoms with Crippen LogP contribution in [-0.2, 0) is 0 Å². The molecule has 0 saturated carbocycles. The Labute approximate surface area is 229 Å². The average Bonchev–Trinajstić information content (AvgIpc) is 2.93. The Morgan fingerprint density at radius 2 is 0.730 bits per heavy atom. The van der Waals surface area contributed by atoms with Crippen LogP contribution >= 0.6 is 11.8 Å². The fourth-order valence-corrected chi connectivity index (χ4v) is 4.97. The van der Waals surface area contributed by atoms with Crippen molar-refractivity contribution in [3.05, 3.63) is 59.7 Å². The van der Waals surface area contributed by atoms with Gasteiger partial charge in [-0.1, -0.05) is 11.8 Å². The molecule has 208 valence electrons. The van der Waals surface area contributed by atoms with Gasteiger partial charge in [0.2, 0.25) is 0 Å². The lowest BCUT2D eigenvalue weighted by atomic mass is 10.2. The van der Waals surface area contributed by atoms with Crippen molar-refractivity contribution >= 4 is 23.7 Å². The molecule has 0 fully saturated rings. The van der Waals surface area contributed by atoms with Crippen LogP contribution in [0.4, 0.5) is 0 Å². The van der Waals surface area contributed by atoms with Crippen molar-refractivity contribution in [2.24, 2.45) is 0 Å². The molecule has 0 aliphatic carbocycles. The maximum Gasteiger partial charge on any atom is 0.335 e. The minimum atomic E-state index is -0.956. The number of carboxylic acid groups (broad SMARTS) is 2. The van der Waals surface area contributed by atoms with Gasteiger partial charge in [0.15, 0.2) is 0 Å². The summed E-state index contributed by atoms with van der Waals surface area (Å²) in [7, 11) is 0. The molecule has 0 amide bonds. The predicted molar refractivity (Wildman–Crippen MR) is 156 cm³/mol. The fourth-order valence-electron chi connectivity index (χ4n) is 4.15. The molecular weight excluding hydrogens is 484 g/mol. The first-order valence-corrected chi connectivity index (χ1v) is 14.4. The molecule has 0 heterocycles. The molecule has 0 atom stereocenters. The van der Waals surface area contributed by atoms with Gasteiger partial charge in [0, 0.05) is 9.79 Å². The normalized spacial score (nSPS) is 11.0. The molecule has 0 aromatic heterocycles. The molecule has 0 radical (unpaired) electrons. The largest absolute Gasteiger partial charge is 0.478 e. The highest BCUT2D eigenvalue weighted by atomic mass is 32.2.